The van der Waals surface area contributed by atoms with Crippen LogP contribution in [0.1, 0.15) is 47.8 Å². The Morgan fingerprint density at radius 1 is 1.07 bits per heavy atom. The van der Waals surface area contributed by atoms with Gasteiger partial charge in [-0.15, -0.1) is 0 Å². The Bertz CT molecular complexity index is 1020. The highest BCUT2D eigenvalue weighted by Crippen LogP contribution is 2.35. The first-order valence-electron chi connectivity index (χ1n) is 10.5. The molecule has 3 atom stereocenters. The van der Waals surface area contributed by atoms with E-state index in [1.165, 1.54) is 47.9 Å². The number of aryl methyl sites for hydroxylation is 2. The second kappa shape index (κ2) is 7.20. The molecular formula is C24H28ClN3. The summed E-state index contributed by atoms with van der Waals surface area (Å²) in [7, 11) is 0. The zero-order valence-corrected chi connectivity index (χ0v) is 17.5. The summed E-state index contributed by atoms with van der Waals surface area (Å²) >= 11 is 6.16. The van der Waals surface area contributed by atoms with Crippen molar-refractivity contribution in [3.05, 3.63) is 63.9 Å². The molecule has 2 aliphatic rings. The Labute approximate surface area is 172 Å². The van der Waals surface area contributed by atoms with Crippen LogP contribution in [0.15, 0.2) is 36.4 Å². The highest BCUT2D eigenvalue weighted by atomic mass is 35.5. The summed E-state index contributed by atoms with van der Waals surface area (Å²) in [5, 5.41) is 4.74. The van der Waals surface area contributed by atoms with E-state index in [-0.39, 0.29) is 0 Å². The van der Waals surface area contributed by atoms with Crippen molar-refractivity contribution < 1.29 is 0 Å². The number of aromatic nitrogens is 2. The topological polar surface area (TPSA) is 29.9 Å². The van der Waals surface area contributed by atoms with Gasteiger partial charge in [-0.1, -0.05) is 23.7 Å². The summed E-state index contributed by atoms with van der Waals surface area (Å²) in [6.45, 7) is 5.39. The van der Waals surface area contributed by atoms with Crippen molar-refractivity contribution in [1.82, 2.24) is 14.9 Å². The third-order valence-electron chi connectivity index (χ3n) is 6.67. The molecule has 1 aromatic heterocycles. The van der Waals surface area contributed by atoms with E-state index in [0.717, 1.165) is 29.3 Å². The first-order valence-corrected chi connectivity index (χ1v) is 10.9. The van der Waals surface area contributed by atoms with Crippen molar-refractivity contribution in [3.8, 4) is 0 Å². The minimum Gasteiger partial charge on any atom is -0.325 e. The SMILES string of the molecule is Cc1ccc2c(c1)nc(C)n2[C@@H]1CCC(NCC2Cc3ccc(Cl)cc3C2)C1. The Hall–Kier alpha value is -1.84. The monoisotopic (exact) mass is 393 g/mol. The molecule has 28 heavy (non-hydrogen) atoms. The lowest BCUT2D eigenvalue weighted by atomic mass is 10.1. The quantitative estimate of drug-likeness (QED) is 0.642. The van der Waals surface area contributed by atoms with E-state index >= 15 is 0 Å². The largest absolute Gasteiger partial charge is 0.325 e. The Kier molecular flexibility index (Phi) is 4.68. The van der Waals surface area contributed by atoms with Gasteiger partial charge in [0.1, 0.15) is 5.82 Å². The fourth-order valence-electron chi connectivity index (χ4n) is 5.32. The first kappa shape index (κ1) is 18.2. The van der Waals surface area contributed by atoms with E-state index in [0.29, 0.717) is 18.0 Å². The number of hydrogen-bond acceptors (Lipinski definition) is 2. The molecule has 0 amide bonds. The van der Waals surface area contributed by atoms with Gasteiger partial charge in [-0.05, 0) is 99.4 Å². The number of rotatable bonds is 4. The van der Waals surface area contributed by atoms with Crippen LogP contribution >= 0.6 is 11.6 Å². The van der Waals surface area contributed by atoms with Gasteiger partial charge in [-0.3, -0.25) is 0 Å². The average molecular weight is 394 g/mol. The van der Waals surface area contributed by atoms with Gasteiger partial charge in [0.2, 0.25) is 0 Å². The lowest BCUT2D eigenvalue weighted by Gasteiger charge is -2.18. The minimum atomic E-state index is 0.560. The predicted molar refractivity (Wildman–Crippen MR) is 116 cm³/mol. The van der Waals surface area contributed by atoms with Crippen molar-refractivity contribution in [3.63, 3.8) is 0 Å². The van der Waals surface area contributed by atoms with Crippen LogP contribution in [0.2, 0.25) is 5.02 Å². The minimum absolute atomic E-state index is 0.560. The number of imidazole rings is 1. The van der Waals surface area contributed by atoms with Crippen LogP contribution in [0.5, 0.6) is 0 Å². The Balaban J connectivity index is 1.22. The average Bonchev–Trinajstić information content (AvgIpc) is 3.35. The Morgan fingerprint density at radius 3 is 2.82 bits per heavy atom. The molecule has 1 N–H and O–H groups in total. The smallest absolute Gasteiger partial charge is 0.106 e. The van der Waals surface area contributed by atoms with E-state index in [1.807, 2.05) is 6.07 Å². The molecule has 2 unspecified atom stereocenters. The van der Waals surface area contributed by atoms with Gasteiger partial charge in [-0.25, -0.2) is 4.98 Å². The number of fused-ring (bicyclic) bond motifs is 2. The lowest BCUT2D eigenvalue weighted by molar-refractivity contribution is 0.425. The molecule has 0 spiro atoms. The van der Waals surface area contributed by atoms with Gasteiger partial charge in [0.05, 0.1) is 11.0 Å². The standard InChI is InChI=1S/C24H28ClN3/c1-15-3-8-24-23(9-15)27-16(2)28(24)22-7-6-21(13-22)26-14-17-10-18-4-5-20(25)12-19(18)11-17/h3-5,8-9,12,17,21-22,26H,6-7,10-11,13-14H2,1-2H3/t17?,21?,22-/m1/s1. The van der Waals surface area contributed by atoms with Crippen LogP contribution in [-0.2, 0) is 12.8 Å². The molecule has 1 saturated carbocycles. The van der Waals surface area contributed by atoms with Crippen LogP contribution in [-0.4, -0.2) is 22.1 Å². The molecule has 2 aliphatic carbocycles. The van der Waals surface area contributed by atoms with Crippen molar-refractivity contribution in [2.45, 2.75) is 58.0 Å². The van der Waals surface area contributed by atoms with Crippen LogP contribution in [0.3, 0.4) is 0 Å². The third kappa shape index (κ3) is 3.35. The van der Waals surface area contributed by atoms with Crippen LogP contribution in [0, 0.1) is 19.8 Å². The highest BCUT2D eigenvalue weighted by Gasteiger charge is 2.29. The van der Waals surface area contributed by atoms with Crippen molar-refractivity contribution in [1.29, 1.82) is 0 Å². The molecule has 0 radical (unpaired) electrons. The number of halogens is 1. The summed E-state index contributed by atoms with van der Waals surface area (Å²) in [6, 6.07) is 14.2. The molecule has 0 bridgehead atoms. The fraction of sp³-hybridized carbons (Fsp3) is 0.458. The molecule has 0 saturated heterocycles. The number of hydrogen-bond donors (Lipinski definition) is 1. The fourth-order valence-corrected chi connectivity index (χ4v) is 5.52. The summed E-state index contributed by atoms with van der Waals surface area (Å²) in [6.07, 6.45) is 6.02. The molecule has 0 aliphatic heterocycles. The Morgan fingerprint density at radius 2 is 1.93 bits per heavy atom. The molecular weight excluding hydrogens is 366 g/mol. The normalized spacial score (nSPS) is 24.2. The van der Waals surface area contributed by atoms with E-state index in [2.05, 4.69) is 54.1 Å². The van der Waals surface area contributed by atoms with E-state index in [4.69, 9.17) is 16.6 Å². The third-order valence-corrected chi connectivity index (χ3v) is 6.91. The van der Waals surface area contributed by atoms with Gasteiger partial charge in [0.25, 0.3) is 0 Å². The van der Waals surface area contributed by atoms with Gasteiger partial charge in [0, 0.05) is 17.1 Å². The molecule has 1 heterocycles. The second-order valence-corrected chi connectivity index (χ2v) is 9.22. The zero-order chi connectivity index (χ0) is 19.3. The van der Waals surface area contributed by atoms with E-state index in [1.54, 1.807) is 0 Å². The van der Waals surface area contributed by atoms with Gasteiger partial charge in [-0.2, -0.15) is 0 Å². The molecule has 3 nitrogen and oxygen atoms in total. The maximum Gasteiger partial charge on any atom is 0.106 e. The first-order chi connectivity index (χ1) is 13.6. The van der Waals surface area contributed by atoms with Crippen molar-refractivity contribution in [2.75, 3.05) is 6.54 Å². The maximum absolute atomic E-state index is 6.16. The maximum atomic E-state index is 6.16. The number of benzene rings is 2. The van der Waals surface area contributed by atoms with E-state index < -0.39 is 0 Å². The summed E-state index contributed by atoms with van der Waals surface area (Å²) < 4.78 is 2.48. The zero-order valence-electron chi connectivity index (χ0n) is 16.7. The molecule has 4 heteroatoms. The van der Waals surface area contributed by atoms with Gasteiger partial charge in [0.15, 0.2) is 0 Å². The lowest BCUT2D eigenvalue weighted by Crippen LogP contribution is -2.32. The van der Waals surface area contributed by atoms with Crippen molar-refractivity contribution in [2.24, 2.45) is 5.92 Å². The molecule has 5 rings (SSSR count). The summed E-state index contributed by atoms with van der Waals surface area (Å²) in [4.78, 5) is 4.81. The van der Waals surface area contributed by atoms with Gasteiger partial charge < -0.3 is 9.88 Å². The van der Waals surface area contributed by atoms with Crippen LogP contribution < -0.4 is 5.32 Å². The highest BCUT2D eigenvalue weighted by molar-refractivity contribution is 6.30. The molecule has 3 aromatic rings. The number of nitrogens with zero attached hydrogens (tertiary/aromatic N) is 2. The van der Waals surface area contributed by atoms with E-state index in [9.17, 15) is 0 Å². The summed E-state index contributed by atoms with van der Waals surface area (Å²) in [5.74, 6) is 1.85. The molecule has 146 valence electrons. The second-order valence-electron chi connectivity index (χ2n) is 8.78. The predicted octanol–water partition coefficient (Wildman–Crippen LogP) is 5.40. The summed E-state index contributed by atoms with van der Waals surface area (Å²) in [5.41, 5.74) is 6.63. The van der Waals surface area contributed by atoms with Gasteiger partial charge >= 0.3 is 0 Å². The molecule has 2 aromatic carbocycles. The van der Waals surface area contributed by atoms with Crippen LogP contribution in [0.25, 0.3) is 11.0 Å². The molecule has 1 fully saturated rings. The number of nitrogens with one attached hydrogen (secondary N) is 1. The van der Waals surface area contributed by atoms with Crippen LogP contribution in [0.4, 0.5) is 0 Å². The van der Waals surface area contributed by atoms with Crippen molar-refractivity contribution >= 4 is 22.6 Å².